The predicted octanol–water partition coefficient (Wildman–Crippen LogP) is 1.43. The lowest BCUT2D eigenvalue weighted by atomic mass is 10.1. The molecule has 1 aromatic rings. The molecule has 19 heavy (non-hydrogen) atoms. The normalized spacial score (nSPS) is 10.7. The van der Waals surface area contributed by atoms with Crippen molar-refractivity contribution in [2.24, 2.45) is 5.73 Å². The minimum atomic E-state index is -0.235. The van der Waals surface area contributed by atoms with Crippen molar-refractivity contribution in [2.75, 3.05) is 52.0 Å². The molecule has 0 unspecified atom stereocenters. The molecular formula is C14H23FN2O2. The van der Waals surface area contributed by atoms with E-state index in [1.54, 1.807) is 14.2 Å². The first-order chi connectivity index (χ1) is 9.21. The fourth-order valence-corrected chi connectivity index (χ4v) is 1.90. The summed E-state index contributed by atoms with van der Waals surface area (Å²) in [6.07, 6.45) is 0.674. The maximum absolute atomic E-state index is 13.6. The summed E-state index contributed by atoms with van der Waals surface area (Å²) in [5.41, 5.74) is 7.28. The first kappa shape index (κ1) is 15.9. The van der Waals surface area contributed by atoms with Crippen molar-refractivity contribution in [1.82, 2.24) is 0 Å². The van der Waals surface area contributed by atoms with E-state index in [-0.39, 0.29) is 5.82 Å². The number of ether oxygens (including phenoxy) is 2. The van der Waals surface area contributed by atoms with Gasteiger partial charge in [-0.15, -0.1) is 0 Å². The average Bonchev–Trinajstić information content (AvgIpc) is 2.38. The third-order valence-corrected chi connectivity index (χ3v) is 2.87. The zero-order valence-electron chi connectivity index (χ0n) is 11.7. The lowest BCUT2D eigenvalue weighted by Gasteiger charge is -2.25. The molecule has 0 aromatic heterocycles. The molecule has 0 saturated carbocycles. The van der Waals surface area contributed by atoms with Crippen LogP contribution in [-0.2, 0) is 15.9 Å². The molecule has 0 bridgehead atoms. The molecule has 0 atom stereocenters. The number of benzene rings is 1. The van der Waals surface area contributed by atoms with Crippen molar-refractivity contribution in [2.45, 2.75) is 6.42 Å². The van der Waals surface area contributed by atoms with E-state index in [1.807, 2.05) is 6.07 Å². The monoisotopic (exact) mass is 270 g/mol. The van der Waals surface area contributed by atoms with E-state index in [9.17, 15) is 4.39 Å². The van der Waals surface area contributed by atoms with E-state index < -0.39 is 0 Å². The number of rotatable bonds is 9. The Hall–Kier alpha value is -1.17. The van der Waals surface area contributed by atoms with Gasteiger partial charge in [0.25, 0.3) is 0 Å². The van der Waals surface area contributed by atoms with Crippen molar-refractivity contribution in [1.29, 1.82) is 0 Å². The zero-order valence-corrected chi connectivity index (χ0v) is 11.7. The van der Waals surface area contributed by atoms with E-state index in [4.69, 9.17) is 15.2 Å². The third-order valence-electron chi connectivity index (χ3n) is 2.87. The SMILES string of the molecule is COCCN(CCOC)c1cc(F)cc(CCN)c1. The van der Waals surface area contributed by atoms with Gasteiger partial charge in [0.05, 0.1) is 13.2 Å². The fraction of sp³-hybridized carbons (Fsp3) is 0.571. The molecule has 5 heteroatoms. The summed E-state index contributed by atoms with van der Waals surface area (Å²) in [4.78, 5) is 2.05. The first-order valence-electron chi connectivity index (χ1n) is 6.43. The minimum absolute atomic E-state index is 0.235. The van der Waals surface area contributed by atoms with Crippen LogP contribution in [0.3, 0.4) is 0 Å². The molecular weight excluding hydrogens is 247 g/mol. The van der Waals surface area contributed by atoms with Gasteiger partial charge in [0, 0.05) is 33.0 Å². The Bertz CT molecular complexity index is 366. The van der Waals surface area contributed by atoms with Crippen LogP contribution in [0.25, 0.3) is 0 Å². The highest BCUT2D eigenvalue weighted by atomic mass is 19.1. The molecule has 0 radical (unpaired) electrons. The van der Waals surface area contributed by atoms with Crippen LogP contribution in [0.5, 0.6) is 0 Å². The van der Waals surface area contributed by atoms with Gasteiger partial charge < -0.3 is 20.1 Å². The highest BCUT2D eigenvalue weighted by Gasteiger charge is 2.09. The molecule has 0 aliphatic carbocycles. The molecule has 1 rings (SSSR count). The first-order valence-corrected chi connectivity index (χ1v) is 6.43. The van der Waals surface area contributed by atoms with E-state index in [0.29, 0.717) is 39.3 Å². The summed E-state index contributed by atoms with van der Waals surface area (Å²) in [5, 5.41) is 0. The number of halogens is 1. The Morgan fingerprint density at radius 2 is 1.74 bits per heavy atom. The summed E-state index contributed by atoms with van der Waals surface area (Å²) in [5.74, 6) is -0.235. The topological polar surface area (TPSA) is 47.7 Å². The molecule has 0 aliphatic rings. The molecule has 0 heterocycles. The number of nitrogens with two attached hydrogens (primary N) is 1. The standard InChI is InChI=1S/C14H23FN2O2/c1-18-7-5-17(6-8-19-2)14-10-12(3-4-16)9-13(15)11-14/h9-11H,3-8,16H2,1-2H3. The Labute approximate surface area is 114 Å². The van der Waals surface area contributed by atoms with E-state index in [0.717, 1.165) is 11.3 Å². The second-order valence-electron chi connectivity index (χ2n) is 4.33. The summed E-state index contributed by atoms with van der Waals surface area (Å²) in [7, 11) is 3.31. The van der Waals surface area contributed by atoms with Gasteiger partial charge in [-0.3, -0.25) is 0 Å². The van der Waals surface area contributed by atoms with Crippen LogP contribution < -0.4 is 10.6 Å². The van der Waals surface area contributed by atoms with Crippen molar-refractivity contribution in [3.05, 3.63) is 29.6 Å². The van der Waals surface area contributed by atoms with Crippen molar-refractivity contribution < 1.29 is 13.9 Å². The fourth-order valence-electron chi connectivity index (χ4n) is 1.90. The average molecular weight is 270 g/mol. The van der Waals surface area contributed by atoms with Gasteiger partial charge in [0.15, 0.2) is 0 Å². The second kappa shape index (κ2) is 8.85. The molecule has 0 aliphatic heterocycles. The van der Waals surface area contributed by atoms with Gasteiger partial charge in [-0.25, -0.2) is 4.39 Å². The van der Waals surface area contributed by atoms with Crippen molar-refractivity contribution in [3.63, 3.8) is 0 Å². The maximum Gasteiger partial charge on any atom is 0.125 e. The van der Waals surface area contributed by atoms with Crippen LogP contribution >= 0.6 is 0 Å². The predicted molar refractivity (Wildman–Crippen MR) is 75.1 cm³/mol. The Balaban J connectivity index is 2.85. The molecule has 0 amide bonds. The largest absolute Gasteiger partial charge is 0.383 e. The summed E-state index contributed by atoms with van der Waals surface area (Å²) >= 11 is 0. The smallest absolute Gasteiger partial charge is 0.125 e. The summed E-state index contributed by atoms with van der Waals surface area (Å²) in [6.45, 7) is 3.09. The molecule has 108 valence electrons. The van der Waals surface area contributed by atoms with Crippen LogP contribution in [0.15, 0.2) is 18.2 Å². The van der Waals surface area contributed by atoms with Gasteiger partial charge in [0.1, 0.15) is 5.82 Å². The van der Waals surface area contributed by atoms with Crippen LogP contribution in [0.4, 0.5) is 10.1 Å². The Morgan fingerprint density at radius 1 is 1.11 bits per heavy atom. The van der Waals surface area contributed by atoms with Gasteiger partial charge in [0.2, 0.25) is 0 Å². The number of anilines is 1. The Kier molecular flexibility index (Phi) is 7.40. The maximum atomic E-state index is 13.6. The number of nitrogens with zero attached hydrogens (tertiary/aromatic N) is 1. The zero-order chi connectivity index (χ0) is 14.1. The molecule has 0 saturated heterocycles. The second-order valence-corrected chi connectivity index (χ2v) is 4.33. The molecule has 1 aromatic carbocycles. The summed E-state index contributed by atoms with van der Waals surface area (Å²) < 4.78 is 23.8. The lowest BCUT2D eigenvalue weighted by Crippen LogP contribution is -2.30. The number of hydrogen-bond donors (Lipinski definition) is 1. The van der Waals surface area contributed by atoms with Gasteiger partial charge in [-0.1, -0.05) is 0 Å². The van der Waals surface area contributed by atoms with E-state index in [2.05, 4.69) is 4.90 Å². The molecule has 0 fully saturated rings. The Morgan fingerprint density at radius 3 is 2.26 bits per heavy atom. The van der Waals surface area contributed by atoms with Crippen LogP contribution in [-0.4, -0.2) is 47.1 Å². The van der Waals surface area contributed by atoms with E-state index >= 15 is 0 Å². The van der Waals surface area contributed by atoms with Gasteiger partial charge in [-0.2, -0.15) is 0 Å². The van der Waals surface area contributed by atoms with E-state index in [1.165, 1.54) is 12.1 Å². The van der Waals surface area contributed by atoms with Crippen LogP contribution in [0.2, 0.25) is 0 Å². The van der Waals surface area contributed by atoms with Gasteiger partial charge in [-0.05, 0) is 36.7 Å². The molecule has 0 spiro atoms. The van der Waals surface area contributed by atoms with Crippen LogP contribution in [0.1, 0.15) is 5.56 Å². The number of methoxy groups -OCH3 is 2. The van der Waals surface area contributed by atoms with Crippen molar-refractivity contribution >= 4 is 5.69 Å². The lowest BCUT2D eigenvalue weighted by molar-refractivity contribution is 0.190. The highest BCUT2D eigenvalue weighted by molar-refractivity contribution is 5.49. The summed E-state index contributed by atoms with van der Waals surface area (Å²) in [6, 6.07) is 5.04. The van der Waals surface area contributed by atoms with Gasteiger partial charge >= 0.3 is 0 Å². The number of hydrogen-bond acceptors (Lipinski definition) is 4. The molecule has 2 N–H and O–H groups in total. The van der Waals surface area contributed by atoms with Crippen molar-refractivity contribution in [3.8, 4) is 0 Å². The quantitative estimate of drug-likeness (QED) is 0.737. The highest BCUT2D eigenvalue weighted by Crippen LogP contribution is 2.19. The minimum Gasteiger partial charge on any atom is -0.383 e. The van der Waals surface area contributed by atoms with Crippen LogP contribution in [0, 0.1) is 5.82 Å². The molecule has 4 nitrogen and oxygen atoms in total. The third kappa shape index (κ3) is 5.55.